The van der Waals surface area contributed by atoms with Crippen LogP contribution in [0.25, 0.3) is 0 Å². The zero-order valence-electron chi connectivity index (χ0n) is 12.0. The molecule has 2 N–H and O–H groups in total. The molecule has 1 amide bonds. The van der Waals surface area contributed by atoms with Crippen molar-refractivity contribution in [3.05, 3.63) is 29.8 Å². The Labute approximate surface area is 119 Å². The molecule has 0 saturated heterocycles. The summed E-state index contributed by atoms with van der Waals surface area (Å²) < 4.78 is 5.35. The summed E-state index contributed by atoms with van der Waals surface area (Å²) in [6.07, 6.45) is 1.02. The molecule has 0 bridgehead atoms. The Morgan fingerprint density at radius 3 is 2.60 bits per heavy atom. The summed E-state index contributed by atoms with van der Waals surface area (Å²) in [6, 6.07) is 9.89. The summed E-state index contributed by atoms with van der Waals surface area (Å²) in [5, 5.41) is 14.2. The van der Waals surface area contributed by atoms with Crippen molar-refractivity contribution < 1.29 is 9.53 Å². The molecule has 0 saturated carbocycles. The van der Waals surface area contributed by atoms with Crippen molar-refractivity contribution in [2.75, 3.05) is 19.7 Å². The molecule has 108 valence electrons. The van der Waals surface area contributed by atoms with Crippen molar-refractivity contribution in [1.82, 2.24) is 10.6 Å². The van der Waals surface area contributed by atoms with Crippen molar-refractivity contribution in [1.29, 1.82) is 5.26 Å². The number of hydrogen-bond donors (Lipinski definition) is 2. The predicted molar refractivity (Wildman–Crippen MR) is 77.3 cm³/mol. The number of nitrogens with zero attached hydrogens (tertiary/aromatic N) is 1. The van der Waals surface area contributed by atoms with E-state index in [9.17, 15) is 4.79 Å². The fourth-order valence-corrected chi connectivity index (χ4v) is 1.88. The predicted octanol–water partition coefficient (Wildman–Crippen LogP) is 1.77. The minimum atomic E-state index is -0.297. The van der Waals surface area contributed by atoms with Crippen molar-refractivity contribution in [3.63, 3.8) is 0 Å². The van der Waals surface area contributed by atoms with Gasteiger partial charge in [-0.1, -0.05) is 26.0 Å². The lowest BCUT2D eigenvalue weighted by atomic mass is 10.0. The lowest BCUT2D eigenvalue weighted by Crippen LogP contribution is -2.29. The summed E-state index contributed by atoms with van der Waals surface area (Å²) in [6.45, 7) is 5.07. The number of ether oxygens (including phenoxy) is 1. The van der Waals surface area contributed by atoms with Crippen LogP contribution in [0.5, 0.6) is 5.75 Å². The quantitative estimate of drug-likeness (QED) is 0.709. The summed E-state index contributed by atoms with van der Waals surface area (Å²) in [5.74, 6) is 0.349. The minimum absolute atomic E-state index is 0.00198. The lowest BCUT2D eigenvalue weighted by Gasteiger charge is -2.16. The van der Waals surface area contributed by atoms with Crippen LogP contribution >= 0.6 is 0 Å². The number of carbonyl (C=O) groups is 1. The second-order valence-corrected chi connectivity index (χ2v) is 4.31. The van der Waals surface area contributed by atoms with Gasteiger partial charge in [0.15, 0.2) is 6.61 Å². The van der Waals surface area contributed by atoms with E-state index in [1.165, 1.54) is 5.56 Å². The normalized spacial score (nSPS) is 11.4. The van der Waals surface area contributed by atoms with Crippen molar-refractivity contribution in [3.8, 4) is 11.8 Å². The van der Waals surface area contributed by atoms with E-state index < -0.39 is 0 Å². The first-order valence-corrected chi connectivity index (χ1v) is 6.81. The molecule has 0 fully saturated rings. The van der Waals surface area contributed by atoms with Gasteiger partial charge in [0.05, 0.1) is 6.07 Å². The van der Waals surface area contributed by atoms with E-state index in [2.05, 4.69) is 24.5 Å². The standard InChI is InChI=1S/C15H21N3O2/c1-3-14(17-4-2)12-5-7-13(8-6-12)20-11-15(19)18-10-9-16/h5-8,14,17H,3-4,10-11H2,1-2H3,(H,18,19). The number of carbonyl (C=O) groups excluding carboxylic acids is 1. The highest BCUT2D eigenvalue weighted by Crippen LogP contribution is 2.20. The van der Waals surface area contributed by atoms with Gasteiger partial charge in [-0.3, -0.25) is 4.79 Å². The molecule has 0 radical (unpaired) electrons. The van der Waals surface area contributed by atoms with Crippen LogP contribution in [0.4, 0.5) is 0 Å². The van der Waals surface area contributed by atoms with Crippen LogP contribution in [-0.2, 0) is 4.79 Å². The second kappa shape index (κ2) is 8.94. The Balaban J connectivity index is 2.50. The number of hydrogen-bond acceptors (Lipinski definition) is 4. The molecule has 1 unspecified atom stereocenters. The van der Waals surface area contributed by atoms with Crippen molar-refractivity contribution in [2.24, 2.45) is 0 Å². The average molecular weight is 275 g/mol. The third-order valence-electron chi connectivity index (χ3n) is 2.88. The fourth-order valence-electron chi connectivity index (χ4n) is 1.88. The fraction of sp³-hybridized carbons (Fsp3) is 0.467. The van der Waals surface area contributed by atoms with Crippen LogP contribution < -0.4 is 15.4 Å². The Kier molecular flexibility index (Phi) is 7.15. The van der Waals surface area contributed by atoms with Gasteiger partial charge in [-0.25, -0.2) is 0 Å². The lowest BCUT2D eigenvalue weighted by molar-refractivity contribution is -0.122. The Hall–Kier alpha value is -2.06. The maximum absolute atomic E-state index is 11.3. The molecular weight excluding hydrogens is 254 g/mol. The second-order valence-electron chi connectivity index (χ2n) is 4.31. The first-order valence-electron chi connectivity index (χ1n) is 6.81. The molecule has 1 aromatic carbocycles. The monoisotopic (exact) mass is 275 g/mol. The van der Waals surface area contributed by atoms with E-state index >= 15 is 0 Å². The van der Waals surface area contributed by atoms with Gasteiger partial charge in [0, 0.05) is 6.04 Å². The van der Waals surface area contributed by atoms with Gasteiger partial charge in [0.25, 0.3) is 5.91 Å². The number of rotatable bonds is 8. The number of benzene rings is 1. The highest BCUT2D eigenvalue weighted by molar-refractivity contribution is 5.77. The average Bonchev–Trinajstić information content (AvgIpc) is 2.49. The van der Waals surface area contributed by atoms with Gasteiger partial charge in [0.2, 0.25) is 0 Å². The van der Waals surface area contributed by atoms with Crippen LogP contribution in [0.15, 0.2) is 24.3 Å². The van der Waals surface area contributed by atoms with E-state index in [4.69, 9.17) is 10.00 Å². The number of amides is 1. The molecule has 20 heavy (non-hydrogen) atoms. The molecule has 0 aliphatic heterocycles. The topological polar surface area (TPSA) is 74.2 Å². The zero-order valence-corrected chi connectivity index (χ0v) is 12.0. The molecule has 0 aromatic heterocycles. The van der Waals surface area contributed by atoms with E-state index in [1.807, 2.05) is 30.3 Å². The molecule has 0 aliphatic carbocycles. The van der Waals surface area contributed by atoms with Crippen LogP contribution in [0, 0.1) is 11.3 Å². The zero-order chi connectivity index (χ0) is 14.8. The summed E-state index contributed by atoms with van der Waals surface area (Å²) in [7, 11) is 0. The molecule has 0 aliphatic rings. The summed E-state index contributed by atoms with van der Waals surface area (Å²) >= 11 is 0. The summed E-state index contributed by atoms with van der Waals surface area (Å²) in [5.41, 5.74) is 1.20. The van der Waals surface area contributed by atoms with E-state index in [-0.39, 0.29) is 19.1 Å². The molecule has 1 aromatic rings. The first-order chi connectivity index (χ1) is 9.71. The van der Waals surface area contributed by atoms with Gasteiger partial charge < -0.3 is 15.4 Å². The van der Waals surface area contributed by atoms with Crippen LogP contribution in [0.1, 0.15) is 31.9 Å². The molecule has 0 spiro atoms. The molecule has 1 atom stereocenters. The molecule has 1 rings (SSSR count). The Morgan fingerprint density at radius 1 is 1.35 bits per heavy atom. The molecule has 5 nitrogen and oxygen atoms in total. The molecular formula is C15H21N3O2. The van der Waals surface area contributed by atoms with E-state index in [0.717, 1.165) is 13.0 Å². The van der Waals surface area contributed by atoms with E-state index in [0.29, 0.717) is 11.8 Å². The van der Waals surface area contributed by atoms with Crippen molar-refractivity contribution >= 4 is 5.91 Å². The maximum Gasteiger partial charge on any atom is 0.258 e. The summed E-state index contributed by atoms with van der Waals surface area (Å²) in [4.78, 5) is 11.3. The molecule has 0 heterocycles. The van der Waals surface area contributed by atoms with Gasteiger partial charge in [-0.05, 0) is 30.7 Å². The third kappa shape index (κ3) is 5.29. The maximum atomic E-state index is 11.3. The number of nitrogens with one attached hydrogen (secondary N) is 2. The third-order valence-corrected chi connectivity index (χ3v) is 2.88. The van der Waals surface area contributed by atoms with Crippen LogP contribution in [-0.4, -0.2) is 25.6 Å². The Bertz CT molecular complexity index is 451. The largest absolute Gasteiger partial charge is 0.484 e. The van der Waals surface area contributed by atoms with Crippen molar-refractivity contribution in [2.45, 2.75) is 26.3 Å². The highest BCUT2D eigenvalue weighted by atomic mass is 16.5. The van der Waals surface area contributed by atoms with Gasteiger partial charge in [0.1, 0.15) is 12.3 Å². The van der Waals surface area contributed by atoms with Gasteiger partial charge in [-0.15, -0.1) is 0 Å². The van der Waals surface area contributed by atoms with Gasteiger partial charge >= 0.3 is 0 Å². The van der Waals surface area contributed by atoms with E-state index in [1.54, 1.807) is 0 Å². The van der Waals surface area contributed by atoms with Crippen LogP contribution in [0.3, 0.4) is 0 Å². The Morgan fingerprint density at radius 2 is 2.05 bits per heavy atom. The number of nitriles is 1. The minimum Gasteiger partial charge on any atom is -0.484 e. The molecule has 5 heteroatoms. The van der Waals surface area contributed by atoms with Crippen LogP contribution in [0.2, 0.25) is 0 Å². The van der Waals surface area contributed by atoms with Gasteiger partial charge in [-0.2, -0.15) is 5.26 Å². The highest BCUT2D eigenvalue weighted by Gasteiger charge is 2.08. The SMILES string of the molecule is CCNC(CC)c1ccc(OCC(=O)NCC#N)cc1. The first kappa shape index (κ1) is 16.0. The smallest absolute Gasteiger partial charge is 0.258 e.